The van der Waals surface area contributed by atoms with E-state index in [0.29, 0.717) is 24.1 Å². The SMILES string of the molecule is CN=C(NCCNS(=O)(=O)c1cccc([N+](=O)[O-])c1)NCCc1ccc(Cl)nc1. The van der Waals surface area contributed by atoms with Gasteiger partial charge in [0.05, 0.1) is 9.82 Å². The number of benzene rings is 1. The Hall–Kier alpha value is -2.76. The van der Waals surface area contributed by atoms with Gasteiger partial charge in [-0.25, -0.2) is 18.1 Å². The number of guanidine groups is 1. The average molecular weight is 441 g/mol. The van der Waals surface area contributed by atoms with Crippen LogP contribution in [0.15, 0.2) is 52.5 Å². The second-order valence-electron chi connectivity index (χ2n) is 5.82. The van der Waals surface area contributed by atoms with Crippen LogP contribution in [0.2, 0.25) is 5.15 Å². The van der Waals surface area contributed by atoms with E-state index >= 15 is 0 Å². The molecular formula is C17H21ClN6O4S. The largest absolute Gasteiger partial charge is 0.356 e. The molecule has 2 aromatic rings. The summed E-state index contributed by atoms with van der Waals surface area (Å²) in [5, 5.41) is 17.3. The lowest BCUT2D eigenvalue weighted by molar-refractivity contribution is -0.385. The molecule has 2 rings (SSSR count). The van der Waals surface area contributed by atoms with Gasteiger partial charge in [-0.1, -0.05) is 23.7 Å². The molecule has 0 unspecified atom stereocenters. The zero-order valence-electron chi connectivity index (χ0n) is 15.6. The minimum atomic E-state index is -3.85. The molecule has 0 saturated heterocycles. The van der Waals surface area contributed by atoms with Crippen LogP contribution in [-0.4, -0.2) is 51.0 Å². The molecule has 29 heavy (non-hydrogen) atoms. The Morgan fingerprint density at radius 1 is 1.21 bits per heavy atom. The summed E-state index contributed by atoms with van der Waals surface area (Å²) in [5.41, 5.74) is 0.730. The average Bonchev–Trinajstić information content (AvgIpc) is 2.71. The third-order valence-electron chi connectivity index (χ3n) is 3.77. The Balaban J connectivity index is 1.76. The van der Waals surface area contributed by atoms with Crippen LogP contribution in [0.5, 0.6) is 0 Å². The van der Waals surface area contributed by atoms with Crippen LogP contribution in [0.4, 0.5) is 5.69 Å². The van der Waals surface area contributed by atoms with Crippen molar-refractivity contribution in [2.45, 2.75) is 11.3 Å². The summed E-state index contributed by atoms with van der Waals surface area (Å²) < 4.78 is 26.9. The first-order chi connectivity index (χ1) is 13.8. The first-order valence-corrected chi connectivity index (χ1v) is 10.5. The number of rotatable bonds is 9. The molecule has 0 spiro atoms. The fraction of sp³-hybridized carbons (Fsp3) is 0.294. The number of pyridine rings is 1. The van der Waals surface area contributed by atoms with Crippen LogP contribution in [0.25, 0.3) is 0 Å². The van der Waals surface area contributed by atoms with Crippen molar-refractivity contribution in [3.63, 3.8) is 0 Å². The second-order valence-corrected chi connectivity index (χ2v) is 7.97. The molecule has 0 fully saturated rings. The lowest BCUT2D eigenvalue weighted by Crippen LogP contribution is -2.42. The molecular weight excluding hydrogens is 420 g/mol. The van der Waals surface area contributed by atoms with Crippen LogP contribution in [0.1, 0.15) is 5.56 Å². The van der Waals surface area contributed by atoms with Gasteiger partial charge in [-0.2, -0.15) is 0 Å². The maximum atomic E-state index is 12.3. The molecule has 0 amide bonds. The first-order valence-electron chi connectivity index (χ1n) is 8.61. The lowest BCUT2D eigenvalue weighted by Gasteiger charge is -2.12. The minimum absolute atomic E-state index is 0.0762. The molecule has 0 aliphatic heterocycles. The Morgan fingerprint density at radius 2 is 1.97 bits per heavy atom. The van der Waals surface area contributed by atoms with E-state index in [1.807, 2.05) is 6.07 Å². The molecule has 1 aromatic heterocycles. The van der Waals surface area contributed by atoms with Crippen molar-refractivity contribution in [2.75, 3.05) is 26.7 Å². The normalized spacial score (nSPS) is 11.9. The molecule has 0 atom stereocenters. The molecule has 3 N–H and O–H groups in total. The van der Waals surface area contributed by atoms with Crippen molar-refractivity contribution in [1.82, 2.24) is 20.3 Å². The molecule has 1 heterocycles. The van der Waals surface area contributed by atoms with Gasteiger partial charge in [-0.15, -0.1) is 0 Å². The van der Waals surface area contributed by atoms with Crippen LogP contribution in [-0.2, 0) is 16.4 Å². The molecule has 156 valence electrons. The number of hydrogen-bond donors (Lipinski definition) is 3. The van der Waals surface area contributed by atoms with E-state index in [1.54, 1.807) is 19.3 Å². The van der Waals surface area contributed by atoms with Gasteiger partial charge in [0, 0.05) is 45.0 Å². The lowest BCUT2D eigenvalue weighted by atomic mass is 10.2. The molecule has 0 aliphatic carbocycles. The number of nitro groups is 1. The highest BCUT2D eigenvalue weighted by molar-refractivity contribution is 7.89. The highest BCUT2D eigenvalue weighted by Gasteiger charge is 2.17. The highest BCUT2D eigenvalue weighted by Crippen LogP contribution is 2.16. The third kappa shape index (κ3) is 7.29. The van der Waals surface area contributed by atoms with Crippen molar-refractivity contribution in [1.29, 1.82) is 0 Å². The third-order valence-corrected chi connectivity index (χ3v) is 5.45. The van der Waals surface area contributed by atoms with Crippen molar-refractivity contribution in [3.05, 3.63) is 63.4 Å². The van der Waals surface area contributed by atoms with Crippen LogP contribution < -0.4 is 15.4 Å². The van der Waals surface area contributed by atoms with Crippen LogP contribution in [0, 0.1) is 10.1 Å². The molecule has 1 aromatic carbocycles. The zero-order valence-corrected chi connectivity index (χ0v) is 17.2. The van der Waals surface area contributed by atoms with Crippen molar-refractivity contribution in [2.24, 2.45) is 4.99 Å². The fourth-order valence-electron chi connectivity index (χ4n) is 2.31. The number of nitrogens with zero attached hydrogens (tertiary/aromatic N) is 3. The summed E-state index contributed by atoms with van der Waals surface area (Å²) in [6.45, 7) is 0.950. The van der Waals surface area contributed by atoms with Gasteiger partial charge < -0.3 is 10.6 Å². The Labute approximate surface area is 173 Å². The van der Waals surface area contributed by atoms with Gasteiger partial charge in [0.25, 0.3) is 5.69 Å². The molecule has 0 saturated carbocycles. The Bertz CT molecular complexity index is 966. The number of nitrogens with one attached hydrogen (secondary N) is 3. The topological polar surface area (TPSA) is 139 Å². The van der Waals surface area contributed by atoms with Crippen molar-refractivity contribution >= 4 is 33.3 Å². The number of nitro benzene ring substituents is 1. The number of hydrogen-bond acceptors (Lipinski definition) is 6. The van der Waals surface area contributed by atoms with Gasteiger partial charge in [0.15, 0.2) is 5.96 Å². The Kier molecular flexibility index (Phi) is 8.31. The van der Waals surface area contributed by atoms with Crippen molar-refractivity contribution < 1.29 is 13.3 Å². The monoisotopic (exact) mass is 440 g/mol. The van der Waals surface area contributed by atoms with E-state index in [4.69, 9.17) is 11.6 Å². The van der Waals surface area contributed by atoms with Gasteiger partial charge in [0.2, 0.25) is 10.0 Å². The van der Waals surface area contributed by atoms with E-state index in [1.165, 1.54) is 18.2 Å². The summed E-state index contributed by atoms with van der Waals surface area (Å²) in [6, 6.07) is 8.48. The number of non-ortho nitro benzene ring substituents is 1. The number of halogens is 1. The van der Waals surface area contributed by atoms with E-state index in [9.17, 15) is 18.5 Å². The predicted octanol–water partition coefficient (Wildman–Crippen LogP) is 1.33. The number of aromatic nitrogens is 1. The molecule has 10 nitrogen and oxygen atoms in total. The van der Waals surface area contributed by atoms with E-state index in [2.05, 4.69) is 25.3 Å². The smallest absolute Gasteiger partial charge is 0.270 e. The van der Waals surface area contributed by atoms with Crippen LogP contribution >= 0.6 is 11.6 Å². The fourth-order valence-corrected chi connectivity index (χ4v) is 3.50. The quantitative estimate of drug-likeness (QED) is 0.133. The van der Waals surface area contributed by atoms with E-state index in [-0.39, 0.29) is 23.7 Å². The van der Waals surface area contributed by atoms with Gasteiger partial charge in [0.1, 0.15) is 5.15 Å². The molecule has 12 heteroatoms. The van der Waals surface area contributed by atoms with E-state index in [0.717, 1.165) is 11.6 Å². The number of aliphatic imine (C=N–C) groups is 1. The van der Waals surface area contributed by atoms with Gasteiger partial charge in [-0.3, -0.25) is 15.1 Å². The van der Waals surface area contributed by atoms with Crippen molar-refractivity contribution in [3.8, 4) is 0 Å². The summed E-state index contributed by atoms with van der Waals surface area (Å²) >= 11 is 5.75. The number of sulfonamides is 1. The standard InChI is InChI=1S/C17H21ClN6O4S/c1-19-17(20-8-7-13-5-6-16(18)22-12-13)21-9-10-23-29(27,28)15-4-2-3-14(11-15)24(25)26/h2-6,11-12,23H,7-10H2,1H3,(H2,19,20,21). The zero-order chi connectivity index (χ0) is 21.3. The maximum Gasteiger partial charge on any atom is 0.270 e. The summed E-state index contributed by atoms with van der Waals surface area (Å²) in [4.78, 5) is 18.1. The summed E-state index contributed by atoms with van der Waals surface area (Å²) in [7, 11) is -2.25. The van der Waals surface area contributed by atoms with E-state index < -0.39 is 14.9 Å². The second kappa shape index (κ2) is 10.7. The maximum absolute atomic E-state index is 12.3. The molecule has 0 radical (unpaired) electrons. The van der Waals surface area contributed by atoms with Gasteiger partial charge >= 0.3 is 0 Å². The molecule has 0 aliphatic rings. The Morgan fingerprint density at radius 3 is 2.62 bits per heavy atom. The first kappa shape index (κ1) is 22.5. The molecule has 0 bridgehead atoms. The van der Waals surface area contributed by atoms with Gasteiger partial charge in [-0.05, 0) is 24.1 Å². The summed E-state index contributed by atoms with van der Waals surface area (Å²) in [5.74, 6) is 0.515. The highest BCUT2D eigenvalue weighted by atomic mass is 35.5. The minimum Gasteiger partial charge on any atom is -0.356 e. The van der Waals surface area contributed by atoms with Crippen LogP contribution in [0.3, 0.4) is 0 Å². The summed E-state index contributed by atoms with van der Waals surface area (Å²) in [6.07, 6.45) is 2.41. The predicted molar refractivity (Wildman–Crippen MR) is 111 cm³/mol.